The first-order valence-corrected chi connectivity index (χ1v) is 6.67. The van der Waals surface area contributed by atoms with Gasteiger partial charge in [-0.3, -0.25) is 0 Å². The first-order valence-electron chi connectivity index (χ1n) is 5.00. The van der Waals surface area contributed by atoms with E-state index in [1.807, 2.05) is 23.9 Å². The predicted molar refractivity (Wildman–Crippen MR) is 68.2 cm³/mol. The first kappa shape index (κ1) is 11.3. The molecule has 4 heteroatoms. The summed E-state index contributed by atoms with van der Waals surface area (Å²) < 4.78 is 6.61. The number of anilines is 1. The summed E-state index contributed by atoms with van der Waals surface area (Å²) in [5.41, 5.74) is 6.78. The molecule has 0 saturated carbocycles. The van der Waals surface area contributed by atoms with Gasteiger partial charge in [0.15, 0.2) is 0 Å². The number of benzene rings is 1. The van der Waals surface area contributed by atoms with Crippen molar-refractivity contribution in [2.24, 2.45) is 0 Å². The lowest BCUT2D eigenvalue weighted by Crippen LogP contribution is -2.13. The average Bonchev–Trinajstić information content (AvgIpc) is 2.58. The van der Waals surface area contributed by atoms with Crippen molar-refractivity contribution >= 4 is 33.4 Å². The second kappa shape index (κ2) is 4.76. The zero-order valence-corrected chi connectivity index (χ0v) is 11.0. The summed E-state index contributed by atoms with van der Waals surface area (Å²) in [7, 11) is 0. The van der Waals surface area contributed by atoms with E-state index in [9.17, 15) is 0 Å². The van der Waals surface area contributed by atoms with E-state index in [0.29, 0.717) is 11.4 Å². The fourth-order valence-corrected chi connectivity index (χ4v) is 3.36. The summed E-state index contributed by atoms with van der Waals surface area (Å²) in [6.07, 6.45) is 1.44. The van der Waals surface area contributed by atoms with Crippen LogP contribution in [-0.4, -0.2) is 18.0 Å². The minimum absolute atomic E-state index is 0.327. The minimum Gasteiger partial charge on any atom is -0.398 e. The highest BCUT2D eigenvalue weighted by Crippen LogP contribution is 2.36. The number of hydrogen-bond donors (Lipinski definition) is 1. The molecule has 1 aliphatic rings. The Bertz CT molecular complexity index is 358. The standard InChI is InChI=1S/C11H14BrNOS/c1-7-10(4-5-14-7)15-11-6-8(12)2-3-9(11)13/h2-3,6-7,10H,4-5,13H2,1H3. The van der Waals surface area contributed by atoms with Gasteiger partial charge in [-0.05, 0) is 31.5 Å². The molecule has 0 bridgehead atoms. The number of nitrogens with two attached hydrogens (primary N) is 1. The van der Waals surface area contributed by atoms with Crippen molar-refractivity contribution in [1.29, 1.82) is 0 Å². The Morgan fingerprint density at radius 2 is 2.33 bits per heavy atom. The molecular weight excluding hydrogens is 274 g/mol. The van der Waals surface area contributed by atoms with Gasteiger partial charge in [-0.15, -0.1) is 11.8 Å². The SMILES string of the molecule is CC1OCCC1Sc1cc(Br)ccc1N. The Labute approximate surface area is 103 Å². The second-order valence-electron chi connectivity index (χ2n) is 3.70. The number of ether oxygens (including phenoxy) is 1. The molecular formula is C11H14BrNOS. The van der Waals surface area contributed by atoms with E-state index in [2.05, 4.69) is 28.9 Å². The van der Waals surface area contributed by atoms with Crippen LogP contribution in [0.2, 0.25) is 0 Å². The Morgan fingerprint density at radius 3 is 3.00 bits per heavy atom. The summed E-state index contributed by atoms with van der Waals surface area (Å²) in [4.78, 5) is 1.15. The van der Waals surface area contributed by atoms with E-state index in [4.69, 9.17) is 10.5 Å². The van der Waals surface area contributed by atoms with E-state index < -0.39 is 0 Å². The Balaban J connectivity index is 2.12. The van der Waals surface area contributed by atoms with Crippen LogP contribution in [0, 0.1) is 0 Å². The second-order valence-corrected chi connectivity index (χ2v) is 5.90. The number of thioether (sulfide) groups is 1. The fraction of sp³-hybridized carbons (Fsp3) is 0.455. The molecule has 1 aliphatic heterocycles. The van der Waals surface area contributed by atoms with Crippen molar-refractivity contribution in [2.75, 3.05) is 12.3 Å². The highest BCUT2D eigenvalue weighted by molar-refractivity contribution is 9.10. The van der Waals surface area contributed by atoms with Crippen LogP contribution in [0.15, 0.2) is 27.6 Å². The summed E-state index contributed by atoms with van der Waals surface area (Å²) in [6.45, 7) is 2.99. The molecule has 2 unspecified atom stereocenters. The maximum atomic E-state index is 5.93. The molecule has 1 aromatic rings. The van der Waals surface area contributed by atoms with Crippen molar-refractivity contribution in [3.05, 3.63) is 22.7 Å². The molecule has 1 heterocycles. The number of nitrogen functional groups attached to an aromatic ring is 1. The topological polar surface area (TPSA) is 35.2 Å². The highest BCUT2D eigenvalue weighted by atomic mass is 79.9. The summed E-state index contributed by atoms with van der Waals surface area (Å²) in [6, 6.07) is 5.98. The number of rotatable bonds is 2. The van der Waals surface area contributed by atoms with Gasteiger partial charge in [-0.25, -0.2) is 0 Å². The van der Waals surface area contributed by atoms with Crippen molar-refractivity contribution in [1.82, 2.24) is 0 Å². The molecule has 0 amide bonds. The lowest BCUT2D eigenvalue weighted by molar-refractivity contribution is 0.127. The van der Waals surface area contributed by atoms with Crippen LogP contribution < -0.4 is 5.73 Å². The summed E-state index contributed by atoms with van der Waals surface area (Å²) in [5.74, 6) is 0. The molecule has 2 atom stereocenters. The van der Waals surface area contributed by atoms with Crippen molar-refractivity contribution in [2.45, 2.75) is 29.6 Å². The van der Waals surface area contributed by atoms with Crippen molar-refractivity contribution < 1.29 is 4.74 Å². The van der Waals surface area contributed by atoms with Crippen LogP contribution in [-0.2, 0) is 4.74 Å². The van der Waals surface area contributed by atoms with E-state index >= 15 is 0 Å². The smallest absolute Gasteiger partial charge is 0.0669 e. The van der Waals surface area contributed by atoms with Gasteiger partial charge in [0.2, 0.25) is 0 Å². The zero-order chi connectivity index (χ0) is 10.8. The van der Waals surface area contributed by atoms with Gasteiger partial charge < -0.3 is 10.5 Å². The molecule has 2 nitrogen and oxygen atoms in total. The van der Waals surface area contributed by atoms with Gasteiger partial charge in [0.1, 0.15) is 0 Å². The van der Waals surface area contributed by atoms with Gasteiger partial charge in [0.25, 0.3) is 0 Å². The molecule has 0 radical (unpaired) electrons. The van der Waals surface area contributed by atoms with Crippen molar-refractivity contribution in [3.8, 4) is 0 Å². The van der Waals surface area contributed by atoms with Gasteiger partial charge in [0, 0.05) is 26.9 Å². The summed E-state index contributed by atoms with van der Waals surface area (Å²) in [5, 5.41) is 0.529. The maximum Gasteiger partial charge on any atom is 0.0669 e. The van der Waals surface area contributed by atoms with Gasteiger partial charge in [-0.2, -0.15) is 0 Å². The highest BCUT2D eigenvalue weighted by Gasteiger charge is 2.25. The molecule has 1 fully saturated rings. The predicted octanol–water partition coefficient (Wildman–Crippen LogP) is 3.30. The molecule has 2 N–H and O–H groups in total. The van der Waals surface area contributed by atoms with E-state index in [0.717, 1.165) is 28.1 Å². The Hall–Kier alpha value is -0.190. The molecule has 1 saturated heterocycles. The molecule has 15 heavy (non-hydrogen) atoms. The Morgan fingerprint density at radius 1 is 1.53 bits per heavy atom. The molecule has 0 aromatic heterocycles. The molecule has 0 spiro atoms. The number of hydrogen-bond acceptors (Lipinski definition) is 3. The minimum atomic E-state index is 0.327. The van der Waals surface area contributed by atoms with Crippen LogP contribution in [0.25, 0.3) is 0 Å². The van der Waals surface area contributed by atoms with Crippen LogP contribution in [0.4, 0.5) is 5.69 Å². The fourth-order valence-electron chi connectivity index (χ4n) is 1.64. The van der Waals surface area contributed by atoms with Gasteiger partial charge in [0.05, 0.1) is 6.10 Å². The lowest BCUT2D eigenvalue weighted by atomic mass is 10.3. The first-order chi connectivity index (χ1) is 7.16. The lowest BCUT2D eigenvalue weighted by Gasteiger charge is -2.14. The largest absolute Gasteiger partial charge is 0.398 e. The summed E-state index contributed by atoms with van der Waals surface area (Å²) >= 11 is 5.28. The molecule has 1 aromatic carbocycles. The van der Waals surface area contributed by atoms with E-state index in [-0.39, 0.29) is 0 Å². The molecule has 2 rings (SSSR count). The molecule has 0 aliphatic carbocycles. The van der Waals surface area contributed by atoms with E-state index in [1.165, 1.54) is 0 Å². The quantitative estimate of drug-likeness (QED) is 0.848. The average molecular weight is 288 g/mol. The van der Waals surface area contributed by atoms with Crippen LogP contribution >= 0.6 is 27.7 Å². The monoisotopic (exact) mass is 287 g/mol. The third kappa shape index (κ3) is 2.68. The third-order valence-electron chi connectivity index (χ3n) is 2.56. The third-order valence-corrected chi connectivity index (χ3v) is 4.58. The van der Waals surface area contributed by atoms with Crippen LogP contribution in [0.1, 0.15) is 13.3 Å². The Kier molecular flexibility index (Phi) is 3.59. The zero-order valence-electron chi connectivity index (χ0n) is 8.57. The van der Waals surface area contributed by atoms with E-state index in [1.54, 1.807) is 0 Å². The maximum absolute atomic E-state index is 5.93. The van der Waals surface area contributed by atoms with Crippen LogP contribution in [0.5, 0.6) is 0 Å². The number of halogens is 1. The normalized spacial score (nSPS) is 25.7. The molecule has 82 valence electrons. The van der Waals surface area contributed by atoms with Crippen LogP contribution in [0.3, 0.4) is 0 Å². The van der Waals surface area contributed by atoms with Gasteiger partial charge >= 0.3 is 0 Å². The van der Waals surface area contributed by atoms with Gasteiger partial charge in [-0.1, -0.05) is 15.9 Å². The van der Waals surface area contributed by atoms with Crippen molar-refractivity contribution in [3.63, 3.8) is 0 Å².